The Morgan fingerprint density at radius 2 is 1.70 bits per heavy atom. The predicted octanol–water partition coefficient (Wildman–Crippen LogP) is 3.96. The fraction of sp³-hybridized carbons (Fsp3) is 0.278. The molecule has 0 aliphatic carbocycles. The van der Waals surface area contributed by atoms with E-state index in [-0.39, 0.29) is 51.1 Å². The molecule has 2 aliphatic rings. The number of likely N-dealkylation sites (N-methyl/N-ethyl adjacent to an activating group) is 1. The molecular weight excluding hydrogens is 662 g/mol. The lowest BCUT2D eigenvalue weighted by Crippen LogP contribution is -2.47. The molecule has 0 N–H and O–H groups in total. The van der Waals surface area contributed by atoms with E-state index >= 15 is 4.79 Å². The number of fused-ring (bicyclic) bond motifs is 1. The molecule has 14 heteroatoms. The molecule has 1 aromatic heterocycles. The molecular formula is C36H35N5O8S. The lowest BCUT2D eigenvalue weighted by atomic mass is 9.86. The highest BCUT2D eigenvalue weighted by atomic mass is 32.2. The SMILES string of the molecule is CCOc1ncccc1C1(OC(=O)c2ccc(N3CCN(C)CC3)cc2)C(=O)N(S(=O)(=O)c2ccc(OC)cc2OC)c2ccc(C#N)cc21. The van der Waals surface area contributed by atoms with E-state index in [4.69, 9.17) is 18.9 Å². The number of esters is 1. The van der Waals surface area contributed by atoms with Crippen molar-refractivity contribution in [3.05, 3.63) is 101 Å². The number of aromatic nitrogens is 1. The van der Waals surface area contributed by atoms with Gasteiger partial charge in [-0.3, -0.25) is 4.79 Å². The number of hydrogen-bond acceptors (Lipinski definition) is 12. The monoisotopic (exact) mass is 697 g/mol. The van der Waals surface area contributed by atoms with Crippen LogP contribution >= 0.6 is 0 Å². The van der Waals surface area contributed by atoms with E-state index in [0.29, 0.717) is 10.1 Å². The highest BCUT2D eigenvalue weighted by Gasteiger charge is 2.61. The molecule has 258 valence electrons. The third kappa shape index (κ3) is 5.84. The second-order valence-corrected chi connectivity index (χ2v) is 13.4. The number of carbonyl (C=O) groups excluding carboxylic acids is 2. The Hall–Kier alpha value is -5.65. The second-order valence-electron chi connectivity index (χ2n) is 11.6. The van der Waals surface area contributed by atoms with Gasteiger partial charge in [-0.2, -0.15) is 9.57 Å². The summed E-state index contributed by atoms with van der Waals surface area (Å²) >= 11 is 0. The van der Waals surface area contributed by atoms with Crippen molar-refractivity contribution in [3.63, 3.8) is 0 Å². The summed E-state index contributed by atoms with van der Waals surface area (Å²) in [5, 5.41) is 9.90. The topological polar surface area (TPSA) is 152 Å². The maximum atomic E-state index is 15.1. The van der Waals surface area contributed by atoms with Gasteiger partial charge in [0.05, 0.1) is 49.3 Å². The average molecular weight is 698 g/mol. The second kappa shape index (κ2) is 13.7. The number of ether oxygens (including phenoxy) is 4. The number of rotatable bonds is 10. The van der Waals surface area contributed by atoms with Crippen LogP contribution in [-0.4, -0.2) is 84.2 Å². The van der Waals surface area contributed by atoms with Crippen LogP contribution < -0.4 is 23.4 Å². The summed E-state index contributed by atoms with van der Waals surface area (Å²) in [5.74, 6) is -1.87. The molecule has 1 amide bonds. The Kier molecular flexibility index (Phi) is 9.37. The lowest BCUT2D eigenvalue weighted by molar-refractivity contribution is -0.132. The number of methoxy groups -OCH3 is 2. The normalized spacial score (nSPS) is 17.5. The number of amides is 1. The van der Waals surface area contributed by atoms with Crippen molar-refractivity contribution in [1.29, 1.82) is 5.26 Å². The standard InChI is InChI=1S/C36H35N5O8S/c1-5-48-33-28(7-6-16-38-33)36(49-34(42)25-9-11-26(12-10-25)40-19-17-39(2)18-20-40)29-21-24(23-37)8-14-30(29)41(35(36)43)50(44,45)32-15-13-27(46-3)22-31(32)47-4/h6-16,21-22H,5,17-20H2,1-4H3. The van der Waals surface area contributed by atoms with Gasteiger partial charge in [-0.05, 0) is 80.7 Å². The molecule has 50 heavy (non-hydrogen) atoms. The molecule has 1 unspecified atom stereocenters. The molecule has 0 spiro atoms. The van der Waals surface area contributed by atoms with Gasteiger partial charge in [0.15, 0.2) is 0 Å². The first-order chi connectivity index (χ1) is 24.1. The van der Waals surface area contributed by atoms with Crippen LogP contribution in [0.25, 0.3) is 0 Å². The van der Waals surface area contributed by atoms with Crippen LogP contribution in [0, 0.1) is 11.3 Å². The highest BCUT2D eigenvalue weighted by Crippen LogP contribution is 2.52. The number of hydrogen-bond donors (Lipinski definition) is 0. The minimum atomic E-state index is -4.76. The van der Waals surface area contributed by atoms with Crippen molar-refractivity contribution in [2.75, 3.05) is 63.3 Å². The van der Waals surface area contributed by atoms with Crippen LogP contribution in [0.3, 0.4) is 0 Å². The highest BCUT2D eigenvalue weighted by molar-refractivity contribution is 7.93. The van der Waals surface area contributed by atoms with Crippen LogP contribution in [0.15, 0.2) is 83.9 Å². The molecule has 0 radical (unpaired) electrons. The Bertz CT molecular complexity index is 2090. The van der Waals surface area contributed by atoms with E-state index < -0.39 is 27.5 Å². The van der Waals surface area contributed by atoms with E-state index in [9.17, 15) is 18.5 Å². The van der Waals surface area contributed by atoms with Crippen molar-refractivity contribution in [1.82, 2.24) is 9.88 Å². The van der Waals surface area contributed by atoms with Gasteiger partial charge < -0.3 is 28.7 Å². The van der Waals surface area contributed by atoms with Crippen LogP contribution in [0.2, 0.25) is 0 Å². The maximum absolute atomic E-state index is 15.1. The summed E-state index contributed by atoms with van der Waals surface area (Å²) in [4.78, 5) is 37.6. The van der Waals surface area contributed by atoms with Gasteiger partial charge in [-0.1, -0.05) is 0 Å². The Morgan fingerprint density at radius 3 is 2.36 bits per heavy atom. The van der Waals surface area contributed by atoms with Crippen molar-refractivity contribution in [2.45, 2.75) is 17.4 Å². The van der Waals surface area contributed by atoms with Crippen molar-refractivity contribution in [2.24, 2.45) is 0 Å². The molecule has 1 atom stereocenters. The quantitative estimate of drug-likeness (QED) is 0.221. The van der Waals surface area contributed by atoms with Gasteiger partial charge in [0.25, 0.3) is 15.9 Å². The molecule has 6 rings (SSSR count). The number of anilines is 2. The van der Waals surface area contributed by atoms with Crippen LogP contribution in [-0.2, 0) is 25.2 Å². The number of nitrogens with zero attached hydrogens (tertiary/aromatic N) is 5. The lowest BCUT2D eigenvalue weighted by Gasteiger charge is -2.34. The van der Waals surface area contributed by atoms with Gasteiger partial charge in [-0.15, -0.1) is 0 Å². The molecule has 2 aliphatic heterocycles. The number of pyridine rings is 1. The Labute approximate surface area is 290 Å². The van der Waals surface area contributed by atoms with Gasteiger partial charge in [0.1, 0.15) is 16.4 Å². The number of carbonyl (C=O) groups is 2. The smallest absolute Gasteiger partial charge is 0.339 e. The van der Waals surface area contributed by atoms with Crippen molar-refractivity contribution >= 4 is 33.3 Å². The minimum Gasteiger partial charge on any atom is -0.497 e. The third-order valence-corrected chi connectivity index (χ3v) is 10.5. The Morgan fingerprint density at radius 1 is 0.960 bits per heavy atom. The summed E-state index contributed by atoms with van der Waals surface area (Å²) in [6, 6.07) is 19.9. The average Bonchev–Trinajstić information content (AvgIpc) is 3.39. The van der Waals surface area contributed by atoms with Gasteiger partial charge in [-0.25, -0.2) is 18.2 Å². The molecule has 1 fully saturated rings. The molecule has 3 aromatic carbocycles. The van der Waals surface area contributed by atoms with E-state index in [2.05, 4.69) is 21.8 Å². The zero-order valence-corrected chi connectivity index (χ0v) is 28.8. The fourth-order valence-corrected chi connectivity index (χ4v) is 7.75. The van der Waals surface area contributed by atoms with Gasteiger partial charge in [0, 0.05) is 49.7 Å². The van der Waals surface area contributed by atoms with Crippen LogP contribution in [0.5, 0.6) is 17.4 Å². The molecule has 1 saturated heterocycles. The van der Waals surface area contributed by atoms with E-state index in [1.165, 1.54) is 68.9 Å². The summed E-state index contributed by atoms with van der Waals surface area (Å²) in [6.07, 6.45) is 1.43. The number of benzene rings is 3. The fourth-order valence-electron chi connectivity index (χ4n) is 6.15. The van der Waals surface area contributed by atoms with Crippen LogP contribution in [0.1, 0.15) is 34.0 Å². The third-order valence-electron chi connectivity index (χ3n) is 8.75. The first-order valence-corrected chi connectivity index (χ1v) is 17.2. The maximum Gasteiger partial charge on any atom is 0.339 e. The van der Waals surface area contributed by atoms with E-state index in [0.717, 1.165) is 31.9 Å². The predicted molar refractivity (Wildman–Crippen MR) is 183 cm³/mol. The number of sulfonamides is 1. The molecule has 0 bridgehead atoms. The summed E-state index contributed by atoms with van der Waals surface area (Å²) in [7, 11) is 0.0152. The zero-order valence-electron chi connectivity index (χ0n) is 28.0. The molecule has 13 nitrogen and oxygen atoms in total. The van der Waals surface area contributed by atoms with Crippen molar-refractivity contribution < 1.29 is 37.0 Å². The molecule has 0 saturated carbocycles. The molecule has 3 heterocycles. The number of nitriles is 1. The minimum absolute atomic E-state index is 0.0232. The molecule has 4 aromatic rings. The summed E-state index contributed by atoms with van der Waals surface area (Å²) in [5.41, 5.74) is -1.53. The first-order valence-electron chi connectivity index (χ1n) is 15.8. The first kappa shape index (κ1) is 34.2. The summed E-state index contributed by atoms with van der Waals surface area (Å²) < 4.78 is 52.4. The zero-order chi connectivity index (χ0) is 35.6. The van der Waals surface area contributed by atoms with Gasteiger partial charge in [0.2, 0.25) is 11.5 Å². The van der Waals surface area contributed by atoms with Crippen molar-refractivity contribution in [3.8, 4) is 23.4 Å². The number of piperazine rings is 1. The van der Waals surface area contributed by atoms with Gasteiger partial charge >= 0.3 is 5.97 Å². The summed E-state index contributed by atoms with van der Waals surface area (Å²) in [6.45, 7) is 5.28. The Balaban J connectivity index is 1.52. The van der Waals surface area contributed by atoms with E-state index in [1.54, 1.807) is 31.2 Å². The largest absolute Gasteiger partial charge is 0.497 e. The van der Waals surface area contributed by atoms with E-state index in [1.807, 2.05) is 6.07 Å². The van der Waals surface area contributed by atoms with Crippen LogP contribution in [0.4, 0.5) is 11.4 Å².